The molecule has 17 heavy (non-hydrogen) atoms. The number of nitrogens with zero attached hydrogens (tertiary/aromatic N) is 2. The first-order valence-electron chi connectivity index (χ1n) is 5.66. The van der Waals surface area contributed by atoms with Crippen LogP contribution in [0.15, 0.2) is 6.20 Å². The van der Waals surface area contributed by atoms with Crippen LogP contribution in [0.1, 0.15) is 13.8 Å². The SMILES string of the molecule is CCNc1ncc(Cl)c(NCC(C)COC)n1. The van der Waals surface area contributed by atoms with Crippen molar-refractivity contribution in [3.63, 3.8) is 0 Å². The molecule has 6 heteroatoms. The van der Waals surface area contributed by atoms with Gasteiger partial charge in [0, 0.05) is 20.2 Å². The average Bonchev–Trinajstić information content (AvgIpc) is 2.30. The lowest BCUT2D eigenvalue weighted by Gasteiger charge is -2.13. The molecule has 1 aromatic rings. The van der Waals surface area contributed by atoms with E-state index in [9.17, 15) is 0 Å². The van der Waals surface area contributed by atoms with Crippen LogP contribution in [0.25, 0.3) is 0 Å². The van der Waals surface area contributed by atoms with Crippen LogP contribution in [-0.4, -0.2) is 36.8 Å². The number of ether oxygens (including phenoxy) is 1. The summed E-state index contributed by atoms with van der Waals surface area (Å²) in [5, 5.41) is 6.76. The molecule has 0 aliphatic heterocycles. The van der Waals surface area contributed by atoms with Gasteiger partial charge in [-0.2, -0.15) is 4.98 Å². The summed E-state index contributed by atoms with van der Waals surface area (Å²) in [7, 11) is 1.69. The maximum absolute atomic E-state index is 6.01. The number of nitrogens with one attached hydrogen (secondary N) is 2. The third-order valence-electron chi connectivity index (χ3n) is 2.15. The maximum atomic E-state index is 6.01. The number of aromatic nitrogens is 2. The zero-order valence-electron chi connectivity index (χ0n) is 10.5. The molecule has 0 saturated carbocycles. The van der Waals surface area contributed by atoms with Crippen molar-refractivity contribution in [2.75, 3.05) is 37.4 Å². The van der Waals surface area contributed by atoms with Gasteiger partial charge in [-0.25, -0.2) is 4.98 Å². The Labute approximate surface area is 107 Å². The molecule has 1 heterocycles. The molecule has 1 rings (SSSR count). The Morgan fingerprint density at radius 3 is 2.88 bits per heavy atom. The van der Waals surface area contributed by atoms with Crippen LogP contribution in [0, 0.1) is 5.92 Å². The van der Waals surface area contributed by atoms with Gasteiger partial charge < -0.3 is 15.4 Å². The molecular weight excluding hydrogens is 240 g/mol. The summed E-state index contributed by atoms with van der Waals surface area (Å²) in [6, 6.07) is 0. The molecule has 0 fully saturated rings. The van der Waals surface area contributed by atoms with Gasteiger partial charge in [0.15, 0.2) is 0 Å². The lowest BCUT2D eigenvalue weighted by molar-refractivity contribution is 0.164. The highest BCUT2D eigenvalue weighted by Gasteiger charge is 2.07. The van der Waals surface area contributed by atoms with Gasteiger partial charge in [0.1, 0.15) is 10.8 Å². The number of methoxy groups -OCH3 is 1. The summed E-state index contributed by atoms with van der Waals surface area (Å²) in [4.78, 5) is 8.36. The number of anilines is 2. The number of hydrogen-bond donors (Lipinski definition) is 2. The molecule has 1 aromatic heterocycles. The molecule has 0 bridgehead atoms. The van der Waals surface area contributed by atoms with Crippen molar-refractivity contribution >= 4 is 23.4 Å². The van der Waals surface area contributed by atoms with Crippen LogP contribution < -0.4 is 10.6 Å². The predicted molar refractivity (Wildman–Crippen MR) is 70.7 cm³/mol. The highest BCUT2D eigenvalue weighted by atomic mass is 35.5. The second-order valence-electron chi connectivity index (χ2n) is 3.86. The van der Waals surface area contributed by atoms with E-state index in [0.717, 1.165) is 13.1 Å². The molecule has 0 aliphatic rings. The molecule has 0 amide bonds. The molecule has 0 aliphatic carbocycles. The lowest BCUT2D eigenvalue weighted by Crippen LogP contribution is -2.17. The van der Waals surface area contributed by atoms with Gasteiger partial charge in [0.2, 0.25) is 5.95 Å². The minimum absolute atomic E-state index is 0.397. The second-order valence-corrected chi connectivity index (χ2v) is 4.27. The monoisotopic (exact) mass is 258 g/mol. The van der Waals surface area contributed by atoms with E-state index < -0.39 is 0 Å². The summed E-state index contributed by atoms with van der Waals surface area (Å²) in [5.74, 6) is 1.63. The van der Waals surface area contributed by atoms with Gasteiger partial charge >= 0.3 is 0 Å². The van der Waals surface area contributed by atoms with Crippen LogP contribution in [-0.2, 0) is 4.74 Å². The smallest absolute Gasteiger partial charge is 0.224 e. The van der Waals surface area contributed by atoms with E-state index in [1.54, 1.807) is 13.3 Å². The van der Waals surface area contributed by atoms with E-state index in [1.165, 1.54) is 0 Å². The summed E-state index contributed by atoms with van der Waals surface area (Å²) in [6.07, 6.45) is 1.59. The zero-order valence-corrected chi connectivity index (χ0v) is 11.2. The molecule has 5 nitrogen and oxygen atoms in total. The molecule has 96 valence electrons. The van der Waals surface area contributed by atoms with Crippen molar-refractivity contribution < 1.29 is 4.74 Å². The zero-order chi connectivity index (χ0) is 12.7. The molecule has 1 unspecified atom stereocenters. The predicted octanol–water partition coefficient (Wildman–Crippen LogP) is 2.26. The van der Waals surface area contributed by atoms with Gasteiger partial charge in [0.05, 0.1) is 12.8 Å². The molecular formula is C11H19ClN4O. The first-order valence-corrected chi connectivity index (χ1v) is 6.04. The van der Waals surface area contributed by atoms with Crippen molar-refractivity contribution in [1.82, 2.24) is 9.97 Å². The number of hydrogen-bond acceptors (Lipinski definition) is 5. The van der Waals surface area contributed by atoms with Crippen LogP contribution in [0.5, 0.6) is 0 Å². The van der Waals surface area contributed by atoms with Crippen LogP contribution in [0.4, 0.5) is 11.8 Å². The van der Waals surface area contributed by atoms with Gasteiger partial charge in [-0.15, -0.1) is 0 Å². The Balaban J connectivity index is 2.59. The first kappa shape index (κ1) is 14.0. The first-order chi connectivity index (χ1) is 8.17. The normalized spacial score (nSPS) is 12.2. The average molecular weight is 259 g/mol. The van der Waals surface area contributed by atoms with Crippen molar-refractivity contribution in [1.29, 1.82) is 0 Å². The van der Waals surface area contributed by atoms with E-state index in [0.29, 0.717) is 29.3 Å². The van der Waals surface area contributed by atoms with E-state index in [-0.39, 0.29) is 0 Å². The molecule has 0 aromatic carbocycles. The standard InChI is InChI=1S/C11H19ClN4O/c1-4-13-11-15-6-9(12)10(16-11)14-5-8(2)7-17-3/h6,8H,4-5,7H2,1-3H3,(H2,13,14,15,16). The molecule has 0 spiro atoms. The number of rotatable bonds is 7. The minimum Gasteiger partial charge on any atom is -0.384 e. The van der Waals surface area contributed by atoms with Gasteiger partial charge in [-0.3, -0.25) is 0 Å². The molecule has 0 radical (unpaired) electrons. The largest absolute Gasteiger partial charge is 0.384 e. The summed E-state index contributed by atoms with van der Waals surface area (Å²) in [5.41, 5.74) is 0. The topological polar surface area (TPSA) is 59.1 Å². The number of halogens is 1. The highest BCUT2D eigenvalue weighted by molar-refractivity contribution is 6.32. The van der Waals surface area contributed by atoms with Crippen molar-refractivity contribution in [2.24, 2.45) is 5.92 Å². The maximum Gasteiger partial charge on any atom is 0.224 e. The third-order valence-corrected chi connectivity index (χ3v) is 2.42. The highest BCUT2D eigenvalue weighted by Crippen LogP contribution is 2.19. The summed E-state index contributed by atoms with van der Waals surface area (Å²) >= 11 is 6.01. The van der Waals surface area contributed by atoms with E-state index >= 15 is 0 Å². The van der Waals surface area contributed by atoms with Gasteiger partial charge in [-0.05, 0) is 12.8 Å². The Hall–Kier alpha value is -1.07. The fourth-order valence-corrected chi connectivity index (χ4v) is 1.51. The lowest BCUT2D eigenvalue weighted by atomic mass is 10.2. The van der Waals surface area contributed by atoms with Crippen molar-refractivity contribution in [3.05, 3.63) is 11.2 Å². The Morgan fingerprint density at radius 2 is 2.24 bits per heavy atom. The Bertz CT molecular complexity index is 348. The van der Waals surface area contributed by atoms with Crippen LogP contribution >= 0.6 is 11.6 Å². The van der Waals surface area contributed by atoms with Crippen LogP contribution in [0.3, 0.4) is 0 Å². The van der Waals surface area contributed by atoms with Crippen molar-refractivity contribution in [3.8, 4) is 0 Å². The van der Waals surface area contributed by atoms with Crippen molar-refractivity contribution in [2.45, 2.75) is 13.8 Å². The minimum atomic E-state index is 0.397. The fourth-order valence-electron chi connectivity index (χ4n) is 1.35. The Morgan fingerprint density at radius 1 is 1.47 bits per heavy atom. The fraction of sp³-hybridized carbons (Fsp3) is 0.636. The summed E-state index contributed by atoms with van der Waals surface area (Å²) < 4.78 is 5.07. The molecule has 0 saturated heterocycles. The van der Waals surface area contributed by atoms with E-state index in [4.69, 9.17) is 16.3 Å². The van der Waals surface area contributed by atoms with Crippen LogP contribution in [0.2, 0.25) is 5.02 Å². The van der Waals surface area contributed by atoms with Gasteiger partial charge in [0.25, 0.3) is 0 Å². The third kappa shape index (κ3) is 4.75. The van der Waals surface area contributed by atoms with E-state index in [2.05, 4.69) is 27.5 Å². The second kappa shape index (κ2) is 7.29. The van der Waals surface area contributed by atoms with Gasteiger partial charge in [-0.1, -0.05) is 18.5 Å². The molecule has 2 N–H and O–H groups in total. The Kier molecular flexibility index (Phi) is 6.00. The molecule has 1 atom stereocenters. The summed E-state index contributed by atoms with van der Waals surface area (Å²) in [6.45, 7) is 6.33. The quantitative estimate of drug-likeness (QED) is 0.786. The van der Waals surface area contributed by atoms with E-state index in [1.807, 2.05) is 6.92 Å².